The predicted octanol–water partition coefficient (Wildman–Crippen LogP) is 1.52. The monoisotopic (exact) mass is 306 g/mol. The van der Waals surface area contributed by atoms with Crippen LogP contribution in [0.5, 0.6) is 5.75 Å². The number of rotatable bonds is 6. The summed E-state index contributed by atoms with van der Waals surface area (Å²) in [4.78, 5) is 14.4. The molecule has 1 aromatic carbocycles. The molecule has 1 saturated heterocycles. The first-order chi connectivity index (χ1) is 10.6. The van der Waals surface area contributed by atoms with E-state index in [2.05, 4.69) is 16.3 Å². The highest BCUT2D eigenvalue weighted by Gasteiger charge is 2.16. The number of ether oxygens (including phenoxy) is 2. The maximum absolute atomic E-state index is 12.1. The molecule has 1 N–H and O–H groups in total. The second-order valence-corrected chi connectivity index (χ2v) is 5.77. The smallest absolute Gasteiger partial charge is 0.260 e. The SMILES string of the molecule is Cc1ccc(O[C@@H](C)C(=O)NCCN2CCOCC2)c(C)c1. The highest BCUT2D eigenvalue weighted by atomic mass is 16.5. The van der Waals surface area contributed by atoms with Crippen molar-refractivity contribution >= 4 is 5.91 Å². The van der Waals surface area contributed by atoms with Crippen molar-refractivity contribution < 1.29 is 14.3 Å². The number of benzene rings is 1. The quantitative estimate of drug-likeness (QED) is 0.866. The summed E-state index contributed by atoms with van der Waals surface area (Å²) in [7, 11) is 0. The molecule has 5 heteroatoms. The summed E-state index contributed by atoms with van der Waals surface area (Å²) in [5, 5.41) is 2.93. The minimum absolute atomic E-state index is 0.0757. The van der Waals surface area contributed by atoms with Crippen LogP contribution in [0.2, 0.25) is 0 Å². The number of nitrogens with zero attached hydrogens (tertiary/aromatic N) is 1. The number of carbonyl (C=O) groups excluding carboxylic acids is 1. The Morgan fingerprint density at radius 2 is 2.09 bits per heavy atom. The largest absolute Gasteiger partial charge is 0.481 e. The first kappa shape index (κ1) is 16.8. The van der Waals surface area contributed by atoms with E-state index in [1.807, 2.05) is 26.0 Å². The van der Waals surface area contributed by atoms with Crippen molar-refractivity contribution in [3.63, 3.8) is 0 Å². The first-order valence-electron chi connectivity index (χ1n) is 7.88. The number of carbonyl (C=O) groups is 1. The molecule has 0 unspecified atom stereocenters. The summed E-state index contributed by atoms with van der Waals surface area (Å²) >= 11 is 0. The molecule has 1 amide bonds. The molecule has 0 radical (unpaired) electrons. The van der Waals surface area contributed by atoms with E-state index in [0.29, 0.717) is 6.54 Å². The Bertz CT molecular complexity index is 499. The van der Waals surface area contributed by atoms with Crippen LogP contribution in [-0.2, 0) is 9.53 Å². The first-order valence-corrected chi connectivity index (χ1v) is 7.88. The molecule has 0 aromatic heterocycles. The molecule has 122 valence electrons. The predicted molar refractivity (Wildman–Crippen MR) is 86.3 cm³/mol. The van der Waals surface area contributed by atoms with Gasteiger partial charge in [-0.15, -0.1) is 0 Å². The van der Waals surface area contributed by atoms with Crippen LogP contribution < -0.4 is 10.1 Å². The van der Waals surface area contributed by atoms with Crippen LogP contribution in [-0.4, -0.2) is 56.3 Å². The van der Waals surface area contributed by atoms with Gasteiger partial charge >= 0.3 is 0 Å². The Morgan fingerprint density at radius 3 is 2.77 bits per heavy atom. The van der Waals surface area contributed by atoms with Gasteiger partial charge in [0, 0.05) is 26.2 Å². The van der Waals surface area contributed by atoms with Crippen molar-refractivity contribution in [1.82, 2.24) is 10.2 Å². The van der Waals surface area contributed by atoms with Crippen molar-refractivity contribution in [1.29, 1.82) is 0 Å². The maximum atomic E-state index is 12.1. The summed E-state index contributed by atoms with van der Waals surface area (Å²) in [6.45, 7) is 10.7. The molecule has 0 bridgehead atoms. The van der Waals surface area contributed by atoms with E-state index in [-0.39, 0.29) is 5.91 Å². The number of aryl methyl sites for hydroxylation is 2. The average molecular weight is 306 g/mol. The molecule has 1 aliphatic rings. The molecule has 0 spiro atoms. The Labute approximate surface area is 132 Å². The van der Waals surface area contributed by atoms with Gasteiger partial charge in [0.1, 0.15) is 5.75 Å². The second kappa shape index (κ2) is 8.15. The maximum Gasteiger partial charge on any atom is 0.260 e. The van der Waals surface area contributed by atoms with Gasteiger partial charge < -0.3 is 14.8 Å². The van der Waals surface area contributed by atoms with E-state index in [9.17, 15) is 4.79 Å². The minimum Gasteiger partial charge on any atom is -0.481 e. The molecule has 5 nitrogen and oxygen atoms in total. The average Bonchev–Trinajstić information content (AvgIpc) is 2.51. The summed E-state index contributed by atoms with van der Waals surface area (Å²) in [6.07, 6.45) is -0.494. The van der Waals surface area contributed by atoms with E-state index in [0.717, 1.165) is 44.2 Å². The lowest BCUT2D eigenvalue weighted by Crippen LogP contribution is -2.43. The van der Waals surface area contributed by atoms with E-state index in [1.54, 1.807) is 6.92 Å². The van der Waals surface area contributed by atoms with Gasteiger partial charge in [-0.05, 0) is 32.4 Å². The number of hydrogen-bond acceptors (Lipinski definition) is 4. The summed E-state index contributed by atoms with van der Waals surface area (Å²) in [6, 6.07) is 5.96. The third-order valence-electron chi connectivity index (χ3n) is 3.83. The Balaban J connectivity index is 1.74. The molecule has 1 heterocycles. The Morgan fingerprint density at radius 1 is 1.36 bits per heavy atom. The highest BCUT2D eigenvalue weighted by molar-refractivity contribution is 5.80. The molecular weight excluding hydrogens is 280 g/mol. The molecule has 1 atom stereocenters. The lowest BCUT2D eigenvalue weighted by molar-refractivity contribution is -0.127. The molecule has 0 saturated carbocycles. The van der Waals surface area contributed by atoms with Crippen LogP contribution in [0, 0.1) is 13.8 Å². The highest BCUT2D eigenvalue weighted by Crippen LogP contribution is 2.19. The number of amides is 1. The van der Waals surface area contributed by atoms with Crippen LogP contribution in [0.25, 0.3) is 0 Å². The lowest BCUT2D eigenvalue weighted by Gasteiger charge is -2.26. The van der Waals surface area contributed by atoms with Gasteiger partial charge in [0.05, 0.1) is 13.2 Å². The fourth-order valence-corrected chi connectivity index (χ4v) is 2.48. The van der Waals surface area contributed by atoms with Gasteiger partial charge in [0.25, 0.3) is 5.91 Å². The zero-order valence-electron chi connectivity index (χ0n) is 13.7. The summed E-state index contributed by atoms with van der Waals surface area (Å²) in [5.74, 6) is 0.690. The normalized spacial score (nSPS) is 17.0. The third-order valence-corrected chi connectivity index (χ3v) is 3.83. The molecule has 2 rings (SSSR count). The standard InChI is InChI=1S/C17H26N2O3/c1-13-4-5-16(14(2)12-13)22-15(3)17(20)18-6-7-19-8-10-21-11-9-19/h4-5,12,15H,6-11H2,1-3H3,(H,18,20)/t15-/m0/s1. The van der Waals surface area contributed by atoms with Gasteiger partial charge in [-0.3, -0.25) is 9.69 Å². The number of morpholine rings is 1. The van der Waals surface area contributed by atoms with Gasteiger partial charge in [-0.1, -0.05) is 17.7 Å². The topological polar surface area (TPSA) is 50.8 Å². The Kier molecular flexibility index (Phi) is 6.21. The van der Waals surface area contributed by atoms with Crippen molar-refractivity contribution in [2.45, 2.75) is 26.9 Å². The van der Waals surface area contributed by atoms with Gasteiger partial charge in [-0.2, -0.15) is 0 Å². The molecular formula is C17H26N2O3. The van der Waals surface area contributed by atoms with E-state index in [1.165, 1.54) is 5.56 Å². The van der Waals surface area contributed by atoms with Crippen molar-refractivity contribution in [2.75, 3.05) is 39.4 Å². The van der Waals surface area contributed by atoms with Crippen molar-refractivity contribution in [3.8, 4) is 5.75 Å². The van der Waals surface area contributed by atoms with Gasteiger partial charge in [0.2, 0.25) is 0 Å². The zero-order valence-corrected chi connectivity index (χ0v) is 13.7. The molecule has 1 aromatic rings. The number of hydrogen-bond donors (Lipinski definition) is 1. The molecule has 1 fully saturated rings. The second-order valence-electron chi connectivity index (χ2n) is 5.77. The van der Waals surface area contributed by atoms with Crippen molar-refractivity contribution in [2.24, 2.45) is 0 Å². The summed E-state index contributed by atoms with van der Waals surface area (Å²) < 4.78 is 11.1. The van der Waals surface area contributed by atoms with Crippen molar-refractivity contribution in [3.05, 3.63) is 29.3 Å². The van der Waals surface area contributed by atoms with E-state index < -0.39 is 6.10 Å². The van der Waals surface area contributed by atoms with Gasteiger partial charge in [-0.25, -0.2) is 0 Å². The fraction of sp³-hybridized carbons (Fsp3) is 0.588. The molecule has 22 heavy (non-hydrogen) atoms. The van der Waals surface area contributed by atoms with Crippen LogP contribution >= 0.6 is 0 Å². The number of nitrogens with one attached hydrogen (secondary N) is 1. The van der Waals surface area contributed by atoms with Crippen LogP contribution in [0.4, 0.5) is 0 Å². The van der Waals surface area contributed by atoms with E-state index in [4.69, 9.17) is 9.47 Å². The third kappa shape index (κ3) is 5.00. The Hall–Kier alpha value is -1.59. The molecule has 0 aliphatic carbocycles. The minimum atomic E-state index is -0.494. The van der Waals surface area contributed by atoms with Crippen LogP contribution in [0.3, 0.4) is 0 Å². The fourth-order valence-electron chi connectivity index (χ4n) is 2.48. The van der Waals surface area contributed by atoms with Gasteiger partial charge in [0.15, 0.2) is 6.10 Å². The van der Waals surface area contributed by atoms with Crippen LogP contribution in [0.1, 0.15) is 18.1 Å². The summed E-state index contributed by atoms with van der Waals surface area (Å²) in [5.41, 5.74) is 2.24. The zero-order chi connectivity index (χ0) is 15.9. The van der Waals surface area contributed by atoms with E-state index >= 15 is 0 Å². The molecule has 1 aliphatic heterocycles. The lowest BCUT2D eigenvalue weighted by atomic mass is 10.1. The van der Waals surface area contributed by atoms with Crippen LogP contribution in [0.15, 0.2) is 18.2 Å².